The molecule has 0 aromatic heterocycles. The predicted octanol–water partition coefficient (Wildman–Crippen LogP) is 5.12. The molecule has 3 nitrogen and oxygen atoms in total. The van der Waals surface area contributed by atoms with E-state index in [1.165, 1.54) is 17.7 Å². The van der Waals surface area contributed by atoms with Gasteiger partial charge in [-0.05, 0) is 58.2 Å². The maximum absolute atomic E-state index is 11.3. The molecule has 0 bridgehead atoms. The van der Waals surface area contributed by atoms with E-state index in [9.17, 15) is 8.42 Å². The van der Waals surface area contributed by atoms with Crippen molar-refractivity contribution < 1.29 is 13.2 Å². The average molecular weight is 390 g/mol. The molecule has 2 aromatic carbocycles. The molecule has 0 spiro atoms. The van der Waals surface area contributed by atoms with E-state index in [0.29, 0.717) is 16.0 Å². The summed E-state index contributed by atoms with van der Waals surface area (Å²) in [5.41, 5.74) is 1.26. The molecule has 0 atom stereocenters. The molecule has 2 rings (SSSR count). The predicted molar refractivity (Wildman–Crippen MR) is 87.7 cm³/mol. The highest BCUT2D eigenvalue weighted by atomic mass is 79.9. The molecule has 0 amide bonds. The number of rotatable bonds is 5. The van der Waals surface area contributed by atoms with Gasteiger partial charge in [-0.3, -0.25) is 0 Å². The maximum Gasteiger partial charge on any atom is 0.261 e. The number of hydrogen-bond donors (Lipinski definition) is 0. The monoisotopic (exact) mass is 388 g/mol. The van der Waals surface area contributed by atoms with Crippen LogP contribution in [0.15, 0.2) is 51.8 Å². The minimum Gasteiger partial charge on any atom is -0.456 e. The number of halogens is 2. The van der Waals surface area contributed by atoms with Crippen LogP contribution in [0.3, 0.4) is 0 Å². The fraction of sp³-hybridized carbons (Fsp3) is 0.200. The molecular formula is C15H14BrClO3S. The van der Waals surface area contributed by atoms with E-state index in [2.05, 4.69) is 22.9 Å². The summed E-state index contributed by atoms with van der Waals surface area (Å²) in [7, 11) is 1.56. The van der Waals surface area contributed by atoms with Gasteiger partial charge in [-0.25, -0.2) is 8.42 Å². The van der Waals surface area contributed by atoms with Gasteiger partial charge in [0.05, 0.1) is 9.37 Å². The van der Waals surface area contributed by atoms with E-state index in [4.69, 9.17) is 15.4 Å². The molecule has 2 aromatic rings. The number of benzene rings is 2. The molecule has 0 unspecified atom stereocenters. The van der Waals surface area contributed by atoms with E-state index in [0.717, 1.165) is 12.8 Å². The average Bonchev–Trinajstić information content (AvgIpc) is 2.42. The topological polar surface area (TPSA) is 43.4 Å². The maximum atomic E-state index is 11.3. The second-order valence-corrected chi connectivity index (χ2v) is 7.95. The zero-order chi connectivity index (χ0) is 15.5. The molecule has 0 heterocycles. The molecule has 112 valence electrons. The fourth-order valence-corrected chi connectivity index (χ4v) is 3.24. The van der Waals surface area contributed by atoms with Gasteiger partial charge in [0.1, 0.15) is 11.5 Å². The van der Waals surface area contributed by atoms with E-state index < -0.39 is 9.05 Å². The highest BCUT2D eigenvalue weighted by Gasteiger charge is 2.13. The Morgan fingerprint density at radius 2 is 1.81 bits per heavy atom. The lowest BCUT2D eigenvalue weighted by molar-refractivity contribution is 0.479. The first-order valence-electron chi connectivity index (χ1n) is 6.41. The molecule has 0 aliphatic heterocycles. The lowest BCUT2D eigenvalue weighted by atomic mass is 10.1. The Morgan fingerprint density at radius 1 is 1.14 bits per heavy atom. The molecule has 0 radical (unpaired) electrons. The summed E-state index contributed by atoms with van der Waals surface area (Å²) in [6, 6.07) is 12.2. The quantitative estimate of drug-likeness (QED) is 0.666. The molecule has 6 heteroatoms. The minimum atomic E-state index is -3.74. The Morgan fingerprint density at radius 3 is 2.33 bits per heavy atom. The molecule has 0 aliphatic rings. The molecule has 21 heavy (non-hydrogen) atoms. The van der Waals surface area contributed by atoms with Gasteiger partial charge in [-0.15, -0.1) is 0 Å². The van der Waals surface area contributed by atoms with Crippen LogP contribution in [0.1, 0.15) is 18.9 Å². The van der Waals surface area contributed by atoms with Gasteiger partial charge in [-0.2, -0.15) is 0 Å². The van der Waals surface area contributed by atoms with Gasteiger partial charge in [0, 0.05) is 10.7 Å². The Bertz CT molecular complexity index is 727. The minimum absolute atomic E-state index is 0.0293. The molecule has 0 saturated heterocycles. The first kappa shape index (κ1) is 16.3. The van der Waals surface area contributed by atoms with Crippen molar-refractivity contribution in [2.75, 3.05) is 0 Å². The Labute approximate surface area is 137 Å². The summed E-state index contributed by atoms with van der Waals surface area (Å²) in [5.74, 6) is 1.22. The third-order valence-electron chi connectivity index (χ3n) is 2.87. The Kier molecular flexibility index (Phi) is 5.30. The summed E-state index contributed by atoms with van der Waals surface area (Å²) in [4.78, 5) is 0.0293. The zero-order valence-electron chi connectivity index (χ0n) is 11.3. The van der Waals surface area contributed by atoms with Crippen LogP contribution in [0.5, 0.6) is 11.5 Å². The van der Waals surface area contributed by atoms with Gasteiger partial charge in [0.2, 0.25) is 0 Å². The van der Waals surface area contributed by atoms with Crippen molar-refractivity contribution in [2.45, 2.75) is 24.7 Å². The summed E-state index contributed by atoms with van der Waals surface area (Å²) in [5, 5.41) is 0. The van der Waals surface area contributed by atoms with Crippen LogP contribution < -0.4 is 4.74 Å². The van der Waals surface area contributed by atoms with E-state index in [1.54, 1.807) is 6.07 Å². The lowest BCUT2D eigenvalue weighted by Gasteiger charge is -2.09. The van der Waals surface area contributed by atoms with Gasteiger partial charge >= 0.3 is 0 Å². The van der Waals surface area contributed by atoms with Crippen LogP contribution in [0, 0.1) is 0 Å². The van der Waals surface area contributed by atoms with Crippen molar-refractivity contribution >= 4 is 35.7 Å². The van der Waals surface area contributed by atoms with Crippen molar-refractivity contribution in [3.8, 4) is 11.5 Å². The van der Waals surface area contributed by atoms with Crippen molar-refractivity contribution in [1.82, 2.24) is 0 Å². The second-order valence-electron chi connectivity index (χ2n) is 4.53. The highest BCUT2D eigenvalue weighted by molar-refractivity contribution is 9.10. The van der Waals surface area contributed by atoms with Gasteiger partial charge < -0.3 is 4.74 Å². The van der Waals surface area contributed by atoms with Crippen LogP contribution in [-0.4, -0.2) is 8.42 Å². The molecule has 0 saturated carbocycles. The summed E-state index contributed by atoms with van der Waals surface area (Å²) in [6.07, 6.45) is 2.13. The van der Waals surface area contributed by atoms with Crippen LogP contribution in [0.2, 0.25) is 0 Å². The normalized spacial score (nSPS) is 11.4. The van der Waals surface area contributed by atoms with Crippen LogP contribution in [0.4, 0.5) is 0 Å². The van der Waals surface area contributed by atoms with Gasteiger partial charge in [0.15, 0.2) is 0 Å². The summed E-state index contributed by atoms with van der Waals surface area (Å²) in [6.45, 7) is 2.13. The molecule has 0 fully saturated rings. The highest BCUT2D eigenvalue weighted by Crippen LogP contribution is 2.32. The molecule has 0 aliphatic carbocycles. The third kappa shape index (κ3) is 4.46. The fourth-order valence-electron chi connectivity index (χ4n) is 1.86. The number of hydrogen-bond acceptors (Lipinski definition) is 3. The van der Waals surface area contributed by atoms with Crippen LogP contribution in [0.25, 0.3) is 0 Å². The second kappa shape index (κ2) is 6.81. The van der Waals surface area contributed by atoms with Crippen molar-refractivity contribution in [3.63, 3.8) is 0 Å². The number of aryl methyl sites for hydroxylation is 1. The standard InChI is InChI=1S/C15H14BrClO3S/c1-2-3-11-4-6-12(7-5-11)20-15-9-8-13(10-14(15)16)21(17,18)19/h4-10H,2-3H2,1H3. The van der Waals surface area contributed by atoms with Gasteiger partial charge in [0.25, 0.3) is 9.05 Å². The van der Waals surface area contributed by atoms with E-state index >= 15 is 0 Å². The van der Waals surface area contributed by atoms with Crippen molar-refractivity contribution in [2.24, 2.45) is 0 Å². The van der Waals surface area contributed by atoms with Crippen molar-refractivity contribution in [1.29, 1.82) is 0 Å². The van der Waals surface area contributed by atoms with E-state index in [1.807, 2.05) is 24.3 Å². The molecular weight excluding hydrogens is 376 g/mol. The third-order valence-corrected chi connectivity index (χ3v) is 4.85. The zero-order valence-corrected chi connectivity index (χ0v) is 14.5. The Balaban J connectivity index is 2.20. The Hall–Kier alpha value is -1.04. The van der Waals surface area contributed by atoms with Gasteiger partial charge in [-0.1, -0.05) is 25.5 Å². The largest absolute Gasteiger partial charge is 0.456 e. The first-order valence-corrected chi connectivity index (χ1v) is 9.51. The summed E-state index contributed by atoms with van der Waals surface area (Å²) < 4.78 is 28.8. The lowest BCUT2D eigenvalue weighted by Crippen LogP contribution is -1.92. The van der Waals surface area contributed by atoms with Crippen molar-refractivity contribution in [3.05, 3.63) is 52.5 Å². The first-order chi connectivity index (χ1) is 9.90. The number of ether oxygens (including phenoxy) is 1. The van der Waals surface area contributed by atoms with E-state index in [-0.39, 0.29) is 4.90 Å². The molecule has 0 N–H and O–H groups in total. The summed E-state index contributed by atoms with van der Waals surface area (Å²) >= 11 is 3.29. The SMILES string of the molecule is CCCc1ccc(Oc2ccc(S(=O)(=O)Cl)cc2Br)cc1. The smallest absolute Gasteiger partial charge is 0.261 e. The van der Waals surface area contributed by atoms with Crippen LogP contribution >= 0.6 is 26.6 Å². The van der Waals surface area contributed by atoms with Crippen LogP contribution in [-0.2, 0) is 15.5 Å².